The summed E-state index contributed by atoms with van der Waals surface area (Å²) in [4.78, 5) is 11.8. The number of carbonyl (C=O) groups is 1. The van der Waals surface area contributed by atoms with Crippen molar-refractivity contribution in [2.45, 2.75) is 29.7 Å². The summed E-state index contributed by atoms with van der Waals surface area (Å²) in [6, 6.07) is 5.36. The third-order valence-corrected chi connectivity index (χ3v) is 5.00. The van der Waals surface area contributed by atoms with Crippen LogP contribution in [0, 0.1) is 5.92 Å². The zero-order valence-electron chi connectivity index (χ0n) is 11.0. The number of carboxylic acid groups (broad SMARTS) is 1. The van der Waals surface area contributed by atoms with Gasteiger partial charge in [-0.15, -0.1) is 11.8 Å². The molecule has 1 atom stereocenters. The van der Waals surface area contributed by atoms with Crippen molar-refractivity contribution in [2.75, 3.05) is 6.26 Å². The molecule has 0 fully saturated rings. The van der Waals surface area contributed by atoms with Gasteiger partial charge in [0.2, 0.25) is 10.0 Å². The molecule has 0 saturated heterocycles. The van der Waals surface area contributed by atoms with Gasteiger partial charge in [-0.3, -0.25) is 4.79 Å². The smallest absolute Gasteiger partial charge is 0.322 e. The van der Waals surface area contributed by atoms with Crippen LogP contribution >= 0.6 is 11.8 Å². The molecule has 0 radical (unpaired) electrons. The lowest BCUT2D eigenvalue weighted by atomic mass is 10.1. The molecule has 1 rings (SSSR count). The summed E-state index contributed by atoms with van der Waals surface area (Å²) >= 11 is 1.30. The number of benzene rings is 1. The molecule has 0 unspecified atom stereocenters. The standard InChI is InChI=1S/C12H17NO4S2/c1-8(2)11(12(14)15)13-19(16,17)10-7-5-4-6-9(10)18-3/h4-8,11,13H,1-3H3,(H,14,15)/t11-/m0/s1. The number of thioether (sulfide) groups is 1. The van der Waals surface area contributed by atoms with Crippen LogP contribution in [0.1, 0.15) is 13.8 Å². The first kappa shape index (κ1) is 16.0. The van der Waals surface area contributed by atoms with Crippen LogP contribution in [0.3, 0.4) is 0 Å². The van der Waals surface area contributed by atoms with E-state index in [0.29, 0.717) is 4.90 Å². The summed E-state index contributed by atoms with van der Waals surface area (Å²) in [5.41, 5.74) is 0. The second-order valence-corrected chi connectivity index (χ2v) is 6.86. The van der Waals surface area contributed by atoms with Gasteiger partial charge in [0.25, 0.3) is 0 Å². The van der Waals surface area contributed by atoms with E-state index >= 15 is 0 Å². The van der Waals surface area contributed by atoms with E-state index < -0.39 is 22.0 Å². The fourth-order valence-corrected chi connectivity index (χ4v) is 4.03. The summed E-state index contributed by atoms with van der Waals surface area (Å²) < 4.78 is 26.7. The average molecular weight is 303 g/mol. The number of hydrogen-bond acceptors (Lipinski definition) is 4. The molecule has 1 aromatic rings. The average Bonchev–Trinajstić information content (AvgIpc) is 2.35. The second kappa shape index (κ2) is 6.40. The zero-order chi connectivity index (χ0) is 14.6. The Morgan fingerprint density at radius 3 is 2.37 bits per heavy atom. The van der Waals surface area contributed by atoms with E-state index in [1.54, 1.807) is 38.3 Å². The largest absolute Gasteiger partial charge is 0.480 e. The minimum atomic E-state index is -3.84. The van der Waals surface area contributed by atoms with Crippen LogP contribution in [0.4, 0.5) is 0 Å². The highest BCUT2D eigenvalue weighted by atomic mass is 32.2. The Labute approximate surface area is 117 Å². The third kappa shape index (κ3) is 3.95. The highest BCUT2D eigenvalue weighted by Gasteiger charge is 2.29. The predicted octanol–water partition coefficient (Wildman–Crippen LogP) is 1.80. The van der Waals surface area contributed by atoms with Crippen molar-refractivity contribution >= 4 is 27.8 Å². The van der Waals surface area contributed by atoms with Crippen LogP contribution in [0.2, 0.25) is 0 Å². The summed E-state index contributed by atoms with van der Waals surface area (Å²) in [5, 5.41) is 9.05. The lowest BCUT2D eigenvalue weighted by molar-refractivity contribution is -0.140. The van der Waals surface area contributed by atoms with Gasteiger partial charge in [0.05, 0.1) is 4.90 Å². The quantitative estimate of drug-likeness (QED) is 0.783. The molecule has 0 bridgehead atoms. The maximum atomic E-state index is 12.2. The number of aliphatic carboxylic acids is 1. The molecule has 0 aliphatic carbocycles. The minimum absolute atomic E-state index is 0.106. The lowest BCUT2D eigenvalue weighted by Gasteiger charge is -2.18. The first-order chi connectivity index (χ1) is 8.79. The molecule has 0 spiro atoms. The van der Waals surface area contributed by atoms with Gasteiger partial charge in [-0.25, -0.2) is 8.42 Å². The Hall–Kier alpha value is -1.05. The molecule has 0 amide bonds. The first-order valence-electron chi connectivity index (χ1n) is 5.67. The van der Waals surface area contributed by atoms with Crippen LogP contribution in [0.25, 0.3) is 0 Å². The second-order valence-electron chi connectivity index (χ2n) is 4.33. The van der Waals surface area contributed by atoms with Gasteiger partial charge in [0.15, 0.2) is 0 Å². The minimum Gasteiger partial charge on any atom is -0.480 e. The van der Waals surface area contributed by atoms with Crippen LogP contribution in [0.15, 0.2) is 34.1 Å². The van der Waals surface area contributed by atoms with Crippen LogP contribution in [0.5, 0.6) is 0 Å². The Morgan fingerprint density at radius 1 is 1.32 bits per heavy atom. The number of nitrogens with one attached hydrogen (secondary N) is 1. The van der Waals surface area contributed by atoms with Gasteiger partial charge < -0.3 is 5.11 Å². The maximum absolute atomic E-state index is 12.2. The SMILES string of the molecule is CSc1ccccc1S(=O)(=O)N[C@H](C(=O)O)C(C)C. The summed E-state index contributed by atoms with van der Waals surface area (Å²) in [6.07, 6.45) is 1.77. The van der Waals surface area contributed by atoms with Crippen molar-refractivity contribution in [3.63, 3.8) is 0 Å². The van der Waals surface area contributed by atoms with E-state index in [9.17, 15) is 13.2 Å². The number of hydrogen-bond donors (Lipinski definition) is 2. The fourth-order valence-electron chi connectivity index (χ4n) is 1.54. The monoisotopic (exact) mass is 303 g/mol. The van der Waals surface area contributed by atoms with Crippen molar-refractivity contribution in [1.29, 1.82) is 0 Å². The van der Waals surface area contributed by atoms with E-state index in [-0.39, 0.29) is 10.8 Å². The Balaban J connectivity index is 3.14. The van der Waals surface area contributed by atoms with E-state index in [4.69, 9.17) is 5.11 Å². The molecular weight excluding hydrogens is 286 g/mol. The number of carboxylic acids is 1. The van der Waals surface area contributed by atoms with Gasteiger partial charge in [-0.1, -0.05) is 26.0 Å². The summed E-state index contributed by atoms with van der Waals surface area (Å²) in [7, 11) is -3.84. The van der Waals surface area contributed by atoms with Gasteiger partial charge in [0.1, 0.15) is 6.04 Å². The van der Waals surface area contributed by atoms with Crippen LogP contribution in [-0.2, 0) is 14.8 Å². The van der Waals surface area contributed by atoms with Gasteiger partial charge in [-0.05, 0) is 24.3 Å². The fraction of sp³-hybridized carbons (Fsp3) is 0.417. The normalized spacial score (nSPS) is 13.5. The van der Waals surface area contributed by atoms with E-state index in [0.717, 1.165) is 0 Å². The Bertz CT molecular complexity index is 555. The predicted molar refractivity (Wildman–Crippen MR) is 74.8 cm³/mol. The molecule has 0 aromatic heterocycles. The van der Waals surface area contributed by atoms with Crippen molar-refractivity contribution in [3.05, 3.63) is 24.3 Å². The highest BCUT2D eigenvalue weighted by Crippen LogP contribution is 2.24. The molecule has 0 saturated carbocycles. The van der Waals surface area contributed by atoms with Gasteiger partial charge in [0, 0.05) is 4.90 Å². The molecule has 7 heteroatoms. The Morgan fingerprint density at radius 2 is 1.89 bits per heavy atom. The molecule has 2 N–H and O–H groups in total. The topological polar surface area (TPSA) is 83.5 Å². The molecule has 0 aliphatic heterocycles. The number of rotatable bonds is 6. The van der Waals surface area contributed by atoms with Crippen molar-refractivity contribution < 1.29 is 18.3 Å². The van der Waals surface area contributed by atoms with E-state index in [1.807, 2.05) is 0 Å². The molecule has 1 aromatic carbocycles. The van der Waals surface area contributed by atoms with Crippen LogP contribution < -0.4 is 4.72 Å². The molecule has 5 nitrogen and oxygen atoms in total. The van der Waals surface area contributed by atoms with Crippen LogP contribution in [-0.4, -0.2) is 31.8 Å². The molecular formula is C12H17NO4S2. The van der Waals surface area contributed by atoms with Gasteiger partial charge >= 0.3 is 5.97 Å². The van der Waals surface area contributed by atoms with Crippen molar-refractivity contribution in [1.82, 2.24) is 4.72 Å². The maximum Gasteiger partial charge on any atom is 0.322 e. The molecule has 0 heterocycles. The Kier molecular flexibility index (Phi) is 5.39. The highest BCUT2D eigenvalue weighted by molar-refractivity contribution is 7.99. The van der Waals surface area contributed by atoms with Crippen molar-refractivity contribution in [3.8, 4) is 0 Å². The first-order valence-corrected chi connectivity index (χ1v) is 8.38. The molecule has 106 valence electrons. The molecule has 19 heavy (non-hydrogen) atoms. The van der Waals surface area contributed by atoms with Gasteiger partial charge in [-0.2, -0.15) is 4.72 Å². The third-order valence-electron chi connectivity index (χ3n) is 2.57. The lowest BCUT2D eigenvalue weighted by Crippen LogP contribution is -2.44. The van der Waals surface area contributed by atoms with E-state index in [2.05, 4.69) is 4.72 Å². The zero-order valence-corrected chi connectivity index (χ0v) is 12.6. The summed E-state index contributed by atoms with van der Waals surface area (Å²) in [5.74, 6) is -1.52. The summed E-state index contributed by atoms with van der Waals surface area (Å²) in [6.45, 7) is 3.31. The number of sulfonamides is 1. The van der Waals surface area contributed by atoms with E-state index in [1.165, 1.54) is 17.8 Å². The van der Waals surface area contributed by atoms with Crippen molar-refractivity contribution in [2.24, 2.45) is 5.92 Å². The molecule has 0 aliphatic rings.